The van der Waals surface area contributed by atoms with E-state index < -0.39 is 11.7 Å². The molecule has 0 aliphatic rings. The number of aromatic nitrogens is 1. The van der Waals surface area contributed by atoms with Gasteiger partial charge >= 0.3 is 6.18 Å². The molecule has 0 N–H and O–H groups in total. The maximum absolute atomic E-state index is 12.8. The summed E-state index contributed by atoms with van der Waals surface area (Å²) in [5.41, 5.74) is -0.298. The number of pyridine rings is 1. The van der Waals surface area contributed by atoms with E-state index >= 15 is 0 Å². The topological polar surface area (TPSA) is 22.1 Å². The lowest BCUT2D eigenvalue weighted by atomic mass is 10.2. The highest BCUT2D eigenvalue weighted by atomic mass is 35.5. The SMILES string of the molecule is FC(F)(F)c1ccccc1Oc1ccncc1CCl. The number of benzene rings is 1. The van der Waals surface area contributed by atoms with E-state index in [-0.39, 0.29) is 17.4 Å². The van der Waals surface area contributed by atoms with Crippen LogP contribution in [0.5, 0.6) is 11.5 Å². The van der Waals surface area contributed by atoms with Crippen LogP contribution >= 0.6 is 11.6 Å². The van der Waals surface area contributed by atoms with E-state index in [1.807, 2.05) is 0 Å². The van der Waals surface area contributed by atoms with Gasteiger partial charge in [-0.15, -0.1) is 11.6 Å². The Morgan fingerprint density at radius 3 is 2.53 bits per heavy atom. The van der Waals surface area contributed by atoms with Crippen molar-refractivity contribution in [1.82, 2.24) is 4.98 Å². The minimum Gasteiger partial charge on any atom is -0.456 e. The molecular formula is C13H9ClF3NO. The largest absolute Gasteiger partial charge is 0.456 e. The second kappa shape index (κ2) is 5.48. The number of halogens is 4. The summed E-state index contributed by atoms with van der Waals surface area (Å²) in [6.45, 7) is 0. The number of alkyl halides is 4. The molecule has 1 heterocycles. The van der Waals surface area contributed by atoms with E-state index in [0.717, 1.165) is 6.07 Å². The molecule has 2 rings (SSSR count). The molecule has 0 fully saturated rings. The lowest BCUT2D eigenvalue weighted by Gasteiger charge is -2.14. The third-order valence-electron chi connectivity index (χ3n) is 2.42. The Kier molecular flexibility index (Phi) is 3.95. The fourth-order valence-electron chi connectivity index (χ4n) is 1.52. The fraction of sp³-hybridized carbons (Fsp3) is 0.154. The third-order valence-corrected chi connectivity index (χ3v) is 2.70. The molecule has 0 amide bonds. The molecular weight excluding hydrogens is 279 g/mol. The van der Waals surface area contributed by atoms with E-state index in [4.69, 9.17) is 16.3 Å². The van der Waals surface area contributed by atoms with Crippen LogP contribution in [0, 0.1) is 0 Å². The van der Waals surface area contributed by atoms with Crippen LogP contribution in [-0.2, 0) is 12.1 Å². The van der Waals surface area contributed by atoms with Gasteiger partial charge < -0.3 is 4.74 Å². The standard InChI is InChI=1S/C13H9ClF3NO/c14-7-9-8-18-6-5-11(9)19-12-4-2-1-3-10(12)13(15,16)17/h1-6,8H,7H2. The summed E-state index contributed by atoms with van der Waals surface area (Å²) in [6.07, 6.45) is -1.58. The molecule has 0 radical (unpaired) electrons. The van der Waals surface area contributed by atoms with Gasteiger partial charge in [0.25, 0.3) is 0 Å². The molecule has 1 aromatic heterocycles. The van der Waals surface area contributed by atoms with Gasteiger partial charge in [0.2, 0.25) is 0 Å². The van der Waals surface area contributed by atoms with Gasteiger partial charge in [-0.2, -0.15) is 13.2 Å². The minimum absolute atomic E-state index is 0.108. The molecule has 0 bridgehead atoms. The summed E-state index contributed by atoms with van der Waals surface area (Å²) in [6, 6.07) is 6.50. The lowest BCUT2D eigenvalue weighted by molar-refractivity contribution is -0.138. The Labute approximate surface area is 112 Å². The van der Waals surface area contributed by atoms with Crippen molar-refractivity contribution in [2.75, 3.05) is 0 Å². The van der Waals surface area contributed by atoms with Gasteiger partial charge in [0.1, 0.15) is 11.5 Å². The quantitative estimate of drug-likeness (QED) is 0.768. The molecule has 0 saturated carbocycles. The molecule has 100 valence electrons. The normalized spacial score (nSPS) is 11.4. The molecule has 6 heteroatoms. The average Bonchev–Trinajstić information content (AvgIpc) is 2.39. The maximum Gasteiger partial charge on any atom is 0.419 e. The van der Waals surface area contributed by atoms with Crippen LogP contribution in [0.4, 0.5) is 13.2 Å². The van der Waals surface area contributed by atoms with Crippen LogP contribution in [0.15, 0.2) is 42.7 Å². The van der Waals surface area contributed by atoms with Crippen molar-refractivity contribution in [2.45, 2.75) is 12.1 Å². The van der Waals surface area contributed by atoms with Crippen LogP contribution in [0.25, 0.3) is 0 Å². The smallest absolute Gasteiger partial charge is 0.419 e. The van der Waals surface area contributed by atoms with Crippen molar-refractivity contribution in [3.05, 3.63) is 53.9 Å². The van der Waals surface area contributed by atoms with E-state index in [2.05, 4.69) is 4.98 Å². The summed E-state index contributed by atoms with van der Waals surface area (Å²) >= 11 is 5.69. The highest BCUT2D eigenvalue weighted by Gasteiger charge is 2.34. The summed E-state index contributed by atoms with van der Waals surface area (Å²) in [7, 11) is 0. The summed E-state index contributed by atoms with van der Waals surface area (Å²) in [5, 5.41) is 0. The Bertz CT molecular complexity index is 572. The molecule has 1 aromatic carbocycles. The summed E-state index contributed by atoms with van der Waals surface area (Å²) in [5.74, 6) is 0.117. The molecule has 0 saturated heterocycles. The first-order valence-electron chi connectivity index (χ1n) is 5.35. The summed E-state index contributed by atoms with van der Waals surface area (Å²) < 4.78 is 43.8. The zero-order chi connectivity index (χ0) is 13.9. The number of nitrogens with zero attached hydrogens (tertiary/aromatic N) is 1. The fourth-order valence-corrected chi connectivity index (χ4v) is 1.72. The number of hydrogen-bond acceptors (Lipinski definition) is 2. The molecule has 2 aromatic rings. The predicted molar refractivity (Wildman–Crippen MR) is 65.3 cm³/mol. The molecule has 0 aliphatic carbocycles. The second-order valence-electron chi connectivity index (χ2n) is 3.71. The van der Waals surface area contributed by atoms with Crippen molar-refractivity contribution in [3.63, 3.8) is 0 Å². The van der Waals surface area contributed by atoms with E-state index in [0.29, 0.717) is 5.56 Å². The maximum atomic E-state index is 12.8. The van der Waals surface area contributed by atoms with Crippen LogP contribution in [0.3, 0.4) is 0 Å². The second-order valence-corrected chi connectivity index (χ2v) is 3.98. The van der Waals surface area contributed by atoms with Crippen LogP contribution in [0.2, 0.25) is 0 Å². The van der Waals surface area contributed by atoms with Crippen molar-refractivity contribution in [3.8, 4) is 11.5 Å². The molecule has 0 aliphatic heterocycles. The Balaban J connectivity index is 2.39. The Morgan fingerprint density at radius 2 is 1.84 bits per heavy atom. The van der Waals surface area contributed by atoms with Crippen molar-refractivity contribution in [2.24, 2.45) is 0 Å². The van der Waals surface area contributed by atoms with Crippen LogP contribution in [0.1, 0.15) is 11.1 Å². The number of hydrogen-bond donors (Lipinski definition) is 0. The Morgan fingerprint density at radius 1 is 1.11 bits per heavy atom. The molecule has 19 heavy (non-hydrogen) atoms. The monoisotopic (exact) mass is 287 g/mol. The molecule has 0 unspecified atom stereocenters. The van der Waals surface area contributed by atoms with Gasteiger partial charge in [-0.3, -0.25) is 4.98 Å². The van der Waals surface area contributed by atoms with E-state index in [1.54, 1.807) is 0 Å². The van der Waals surface area contributed by atoms with Gasteiger partial charge in [0.15, 0.2) is 0 Å². The van der Waals surface area contributed by atoms with Gasteiger partial charge in [-0.25, -0.2) is 0 Å². The molecule has 0 atom stereocenters. The average molecular weight is 288 g/mol. The zero-order valence-corrected chi connectivity index (χ0v) is 10.4. The highest BCUT2D eigenvalue weighted by molar-refractivity contribution is 6.17. The van der Waals surface area contributed by atoms with Gasteiger partial charge in [-0.05, 0) is 18.2 Å². The zero-order valence-electron chi connectivity index (χ0n) is 9.62. The van der Waals surface area contributed by atoms with Crippen molar-refractivity contribution in [1.29, 1.82) is 0 Å². The predicted octanol–water partition coefficient (Wildman–Crippen LogP) is 4.63. The van der Waals surface area contributed by atoms with Gasteiger partial charge in [0.05, 0.1) is 11.4 Å². The van der Waals surface area contributed by atoms with Gasteiger partial charge in [-0.1, -0.05) is 12.1 Å². The molecule has 2 nitrogen and oxygen atoms in total. The first-order chi connectivity index (χ1) is 9.02. The first-order valence-corrected chi connectivity index (χ1v) is 5.88. The number of ether oxygens (including phenoxy) is 1. The minimum atomic E-state index is -4.47. The third kappa shape index (κ3) is 3.17. The van der Waals surface area contributed by atoms with Gasteiger partial charge in [0, 0.05) is 18.0 Å². The lowest BCUT2D eigenvalue weighted by Crippen LogP contribution is -2.07. The highest BCUT2D eigenvalue weighted by Crippen LogP contribution is 2.38. The summed E-state index contributed by atoms with van der Waals surface area (Å²) in [4.78, 5) is 3.84. The van der Waals surface area contributed by atoms with Crippen LogP contribution in [-0.4, -0.2) is 4.98 Å². The number of rotatable bonds is 3. The van der Waals surface area contributed by atoms with Crippen LogP contribution < -0.4 is 4.74 Å². The van der Waals surface area contributed by atoms with E-state index in [1.165, 1.54) is 36.7 Å². The Hall–Kier alpha value is -1.75. The van der Waals surface area contributed by atoms with E-state index in [9.17, 15) is 13.2 Å². The molecule has 0 spiro atoms. The van der Waals surface area contributed by atoms with Crippen molar-refractivity contribution < 1.29 is 17.9 Å². The first kappa shape index (κ1) is 13.7. The number of para-hydroxylation sites is 1. The van der Waals surface area contributed by atoms with Crippen molar-refractivity contribution >= 4 is 11.6 Å².